The van der Waals surface area contributed by atoms with Gasteiger partial charge in [0.1, 0.15) is 5.03 Å². The predicted octanol–water partition coefficient (Wildman–Crippen LogP) is 2.84. The molecule has 1 saturated heterocycles. The van der Waals surface area contributed by atoms with Crippen molar-refractivity contribution in [1.82, 2.24) is 15.5 Å². The summed E-state index contributed by atoms with van der Waals surface area (Å²) in [4.78, 5) is 11.9. The first-order valence-corrected chi connectivity index (χ1v) is 9.11. The van der Waals surface area contributed by atoms with Gasteiger partial charge in [0, 0.05) is 18.7 Å². The van der Waals surface area contributed by atoms with Crippen molar-refractivity contribution < 1.29 is 9.53 Å². The number of ether oxygens (including phenoxy) is 1. The molecule has 24 heavy (non-hydrogen) atoms. The van der Waals surface area contributed by atoms with Gasteiger partial charge in [-0.3, -0.25) is 4.79 Å². The molecule has 0 bridgehead atoms. The van der Waals surface area contributed by atoms with Crippen molar-refractivity contribution in [3.8, 4) is 11.3 Å². The standard InChI is InChI=1S/C18H21N3O2S/c1-13-4-6-14(7-5-13)16-8-9-18(21-20-16)24-12-17(22)19-11-15-3-2-10-23-15/h4-9,15H,2-3,10-12H2,1H3,(H,19,22)/t15-/m1/s1. The van der Waals surface area contributed by atoms with E-state index >= 15 is 0 Å². The van der Waals surface area contributed by atoms with E-state index < -0.39 is 0 Å². The highest BCUT2D eigenvalue weighted by Gasteiger charge is 2.16. The quantitative estimate of drug-likeness (QED) is 0.817. The molecule has 1 aliphatic rings. The third-order valence-electron chi connectivity index (χ3n) is 3.89. The normalized spacial score (nSPS) is 17.0. The van der Waals surface area contributed by atoms with Gasteiger partial charge in [0.25, 0.3) is 0 Å². The van der Waals surface area contributed by atoms with Crippen LogP contribution in [-0.2, 0) is 9.53 Å². The number of nitrogens with zero attached hydrogens (tertiary/aromatic N) is 2. The molecule has 0 radical (unpaired) electrons. The van der Waals surface area contributed by atoms with Gasteiger partial charge < -0.3 is 10.1 Å². The van der Waals surface area contributed by atoms with Crippen molar-refractivity contribution in [2.75, 3.05) is 18.9 Å². The van der Waals surface area contributed by atoms with Crippen LogP contribution in [0.15, 0.2) is 41.4 Å². The van der Waals surface area contributed by atoms with Crippen LogP contribution in [0.4, 0.5) is 0 Å². The number of hydrogen-bond donors (Lipinski definition) is 1. The minimum atomic E-state index is -0.0000823. The highest BCUT2D eigenvalue weighted by atomic mass is 32.2. The highest BCUT2D eigenvalue weighted by Crippen LogP contribution is 2.20. The Hall–Kier alpha value is -1.92. The number of hydrogen-bond acceptors (Lipinski definition) is 5. The molecule has 1 aromatic carbocycles. The molecule has 1 amide bonds. The van der Waals surface area contributed by atoms with Crippen LogP contribution in [0.25, 0.3) is 11.3 Å². The van der Waals surface area contributed by atoms with E-state index in [1.165, 1.54) is 17.3 Å². The molecule has 0 saturated carbocycles. The SMILES string of the molecule is Cc1ccc(-c2ccc(SCC(=O)NC[C@H]3CCCO3)nn2)cc1. The number of aryl methyl sites for hydroxylation is 1. The molecular formula is C18H21N3O2S. The molecule has 1 N–H and O–H groups in total. The average Bonchev–Trinajstić information content (AvgIpc) is 3.13. The second-order valence-electron chi connectivity index (χ2n) is 5.85. The molecule has 126 valence electrons. The molecular weight excluding hydrogens is 322 g/mol. The number of thioether (sulfide) groups is 1. The first-order chi connectivity index (χ1) is 11.7. The molecule has 2 aromatic rings. The second-order valence-corrected chi connectivity index (χ2v) is 6.85. The van der Waals surface area contributed by atoms with E-state index in [1.54, 1.807) is 0 Å². The first-order valence-electron chi connectivity index (χ1n) is 8.12. The lowest BCUT2D eigenvalue weighted by molar-refractivity contribution is -0.119. The van der Waals surface area contributed by atoms with E-state index in [-0.39, 0.29) is 12.0 Å². The van der Waals surface area contributed by atoms with Crippen molar-refractivity contribution >= 4 is 17.7 Å². The number of aromatic nitrogens is 2. The van der Waals surface area contributed by atoms with Crippen LogP contribution in [-0.4, -0.2) is 41.1 Å². The smallest absolute Gasteiger partial charge is 0.230 e. The predicted molar refractivity (Wildman–Crippen MR) is 94.9 cm³/mol. The fourth-order valence-electron chi connectivity index (χ4n) is 2.50. The van der Waals surface area contributed by atoms with Crippen LogP contribution in [0.1, 0.15) is 18.4 Å². The summed E-state index contributed by atoms with van der Waals surface area (Å²) in [5.74, 6) is 0.338. The van der Waals surface area contributed by atoms with Crippen molar-refractivity contribution in [2.45, 2.75) is 30.9 Å². The molecule has 1 aromatic heterocycles. The van der Waals surface area contributed by atoms with E-state index in [2.05, 4.69) is 34.6 Å². The molecule has 1 atom stereocenters. The topological polar surface area (TPSA) is 64.1 Å². The molecule has 1 aliphatic heterocycles. The van der Waals surface area contributed by atoms with E-state index in [0.717, 1.165) is 35.7 Å². The zero-order valence-electron chi connectivity index (χ0n) is 13.7. The van der Waals surface area contributed by atoms with Crippen molar-refractivity contribution in [3.05, 3.63) is 42.0 Å². The number of carbonyl (C=O) groups is 1. The number of nitrogens with one attached hydrogen (secondary N) is 1. The summed E-state index contributed by atoms with van der Waals surface area (Å²) >= 11 is 1.39. The van der Waals surface area contributed by atoms with Crippen molar-refractivity contribution in [1.29, 1.82) is 0 Å². The van der Waals surface area contributed by atoms with Gasteiger partial charge in [-0.1, -0.05) is 41.6 Å². The summed E-state index contributed by atoms with van der Waals surface area (Å²) in [7, 11) is 0. The maximum Gasteiger partial charge on any atom is 0.230 e. The summed E-state index contributed by atoms with van der Waals surface area (Å²) in [5, 5.41) is 12.1. The molecule has 2 heterocycles. The molecule has 6 heteroatoms. The summed E-state index contributed by atoms with van der Waals surface area (Å²) < 4.78 is 5.48. The Labute approximate surface area is 146 Å². The van der Waals surface area contributed by atoms with Crippen LogP contribution in [0.5, 0.6) is 0 Å². The fourth-order valence-corrected chi connectivity index (χ4v) is 3.14. The van der Waals surface area contributed by atoms with Gasteiger partial charge in [0.2, 0.25) is 5.91 Å². The number of rotatable bonds is 6. The lowest BCUT2D eigenvalue weighted by atomic mass is 10.1. The molecule has 5 nitrogen and oxygen atoms in total. The summed E-state index contributed by atoms with van der Waals surface area (Å²) in [5.41, 5.74) is 3.09. The largest absolute Gasteiger partial charge is 0.376 e. The maximum absolute atomic E-state index is 11.9. The Morgan fingerprint density at radius 3 is 2.75 bits per heavy atom. The maximum atomic E-state index is 11.9. The van der Waals surface area contributed by atoms with E-state index in [1.807, 2.05) is 24.3 Å². The zero-order chi connectivity index (χ0) is 16.8. The Balaban J connectivity index is 1.47. The summed E-state index contributed by atoms with van der Waals surface area (Å²) in [6, 6.07) is 12.0. The van der Waals surface area contributed by atoms with Crippen molar-refractivity contribution in [2.24, 2.45) is 0 Å². The Morgan fingerprint density at radius 2 is 2.08 bits per heavy atom. The van der Waals surface area contributed by atoms with Crippen LogP contribution >= 0.6 is 11.8 Å². The summed E-state index contributed by atoms with van der Waals surface area (Å²) in [6.45, 7) is 3.45. The van der Waals surface area contributed by atoms with Crippen LogP contribution in [0.2, 0.25) is 0 Å². The molecule has 1 fully saturated rings. The zero-order valence-corrected chi connectivity index (χ0v) is 14.5. The summed E-state index contributed by atoms with van der Waals surface area (Å²) in [6.07, 6.45) is 2.28. The minimum absolute atomic E-state index is 0.0000823. The van der Waals surface area contributed by atoms with Crippen molar-refractivity contribution in [3.63, 3.8) is 0 Å². The average molecular weight is 343 g/mol. The molecule has 0 aliphatic carbocycles. The molecule has 3 rings (SSSR count). The van der Waals surface area contributed by atoms with E-state index in [4.69, 9.17) is 4.74 Å². The lowest BCUT2D eigenvalue weighted by Gasteiger charge is -2.10. The van der Waals surface area contributed by atoms with Gasteiger partial charge in [0.15, 0.2) is 0 Å². The third kappa shape index (κ3) is 4.79. The van der Waals surface area contributed by atoms with Crippen LogP contribution < -0.4 is 5.32 Å². The van der Waals surface area contributed by atoms with Gasteiger partial charge >= 0.3 is 0 Å². The Bertz CT molecular complexity index is 668. The first kappa shape index (κ1) is 16.9. The van der Waals surface area contributed by atoms with Gasteiger partial charge in [-0.2, -0.15) is 0 Å². The van der Waals surface area contributed by atoms with E-state index in [9.17, 15) is 4.79 Å². The number of amides is 1. The number of benzene rings is 1. The van der Waals surface area contributed by atoms with Gasteiger partial charge in [-0.25, -0.2) is 0 Å². The number of carbonyl (C=O) groups excluding carboxylic acids is 1. The van der Waals surface area contributed by atoms with Crippen LogP contribution in [0.3, 0.4) is 0 Å². The molecule has 0 unspecified atom stereocenters. The third-order valence-corrected chi connectivity index (χ3v) is 4.81. The lowest BCUT2D eigenvalue weighted by Crippen LogP contribution is -2.32. The second kappa shape index (κ2) is 8.26. The Kier molecular flexibility index (Phi) is 5.82. The van der Waals surface area contributed by atoms with Gasteiger partial charge in [0.05, 0.1) is 17.6 Å². The van der Waals surface area contributed by atoms with E-state index in [0.29, 0.717) is 12.3 Å². The molecule has 0 spiro atoms. The van der Waals surface area contributed by atoms with Gasteiger partial charge in [-0.05, 0) is 31.9 Å². The highest BCUT2D eigenvalue weighted by molar-refractivity contribution is 7.99. The fraction of sp³-hybridized carbons (Fsp3) is 0.389. The minimum Gasteiger partial charge on any atom is -0.376 e. The monoisotopic (exact) mass is 343 g/mol. The van der Waals surface area contributed by atoms with Gasteiger partial charge in [-0.15, -0.1) is 10.2 Å². The Morgan fingerprint density at radius 1 is 1.25 bits per heavy atom. The van der Waals surface area contributed by atoms with Crippen LogP contribution in [0, 0.1) is 6.92 Å².